The van der Waals surface area contributed by atoms with Crippen molar-refractivity contribution in [1.29, 1.82) is 0 Å². The van der Waals surface area contributed by atoms with Crippen LogP contribution in [0.3, 0.4) is 0 Å². The predicted molar refractivity (Wildman–Crippen MR) is 118 cm³/mol. The molecule has 31 heavy (non-hydrogen) atoms. The highest BCUT2D eigenvalue weighted by molar-refractivity contribution is 6.30. The van der Waals surface area contributed by atoms with Gasteiger partial charge in [0.25, 0.3) is 0 Å². The van der Waals surface area contributed by atoms with Crippen LogP contribution in [0.4, 0.5) is 4.39 Å². The van der Waals surface area contributed by atoms with E-state index in [-0.39, 0.29) is 29.6 Å². The lowest BCUT2D eigenvalue weighted by atomic mass is 9.96. The van der Waals surface area contributed by atoms with Crippen LogP contribution in [0.2, 0.25) is 5.02 Å². The number of aliphatic hydroxyl groups is 1. The first kappa shape index (κ1) is 21.7. The fraction of sp³-hybridized carbons (Fsp3) is 0.391. The van der Waals surface area contributed by atoms with Crippen LogP contribution in [0.15, 0.2) is 35.9 Å². The number of hydrogen-bond donors (Lipinski definition) is 4. The van der Waals surface area contributed by atoms with Gasteiger partial charge in [0, 0.05) is 23.7 Å². The molecule has 0 bridgehead atoms. The third kappa shape index (κ3) is 4.74. The Morgan fingerprint density at radius 1 is 1.39 bits per heavy atom. The largest absolute Gasteiger partial charge is 0.390 e. The number of aliphatic hydroxyl groups excluding tert-OH is 1. The molecule has 0 radical (unpaired) electrons. The van der Waals surface area contributed by atoms with E-state index in [1.165, 1.54) is 12.1 Å². The molecule has 1 fully saturated rings. The van der Waals surface area contributed by atoms with Gasteiger partial charge >= 0.3 is 0 Å². The molecule has 4 N–H and O–H groups in total. The highest BCUT2D eigenvalue weighted by Gasteiger charge is 2.30. The van der Waals surface area contributed by atoms with E-state index in [4.69, 9.17) is 11.6 Å². The zero-order valence-corrected chi connectivity index (χ0v) is 18.1. The average Bonchev–Trinajstić information content (AvgIpc) is 3.41. The van der Waals surface area contributed by atoms with Gasteiger partial charge in [-0.25, -0.2) is 9.37 Å². The van der Waals surface area contributed by atoms with Gasteiger partial charge in [-0.15, -0.1) is 0 Å². The standard InChI is InChI=1S/C23H26ClFN4O2/c1-13-20(12-30)28-22(27-13)21(19-4-2-3-9-26-19)29-23(31)16-6-5-14(10-16)15-7-8-17(24)18(25)11-15/h5-8,11,19,21,26,30H,2-4,9-10,12H2,1H3,(H,27,28)(H,29,31). The number of carbonyl (C=O) groups is 1. The van der Waals surface area contributed by atoms with Crippen LogP contribution in [0.1, 0.15) is 54.5 Å². The lowest BCUT2D eigenvalue weighted by Gasteiger charge is -2.31. The first-order valence-corrected chi connectivity index (χ1v) is 10.9. The number of carbonyl (C=O) groups excluding carboxylic acids is 1. The summed E-state index contributed by atoms with van der Waals surface area (Å²) in [5.74, 6) is -0.0206. The maximum Gasteiger partial charge on any atom is 0.248 e. The minimum absolute atomic E-state index is 0.0505. The van der Waals surface area contributed by atoms with Crippen LogP contribution in [-0.2, 0) is 11.4 Å². The molecule has 1 aliphatic heterocycles. The summed E-state index contributed by atoms with van der Waals surface area (Å²) < 4.78 is 13.8. The number of piperidine rings is 1. The number of nitrogens with zero attached hydrogens (tertiary/aromatic N) is 1. The maximum atomic E-state index is 13.8. The van der Waals surface area contributed by atoms with Crippen molar-refractivity contribution in [2.75, 3.05) is 6.54 Å². The number of nitrogens with one attached hydrogen (secondary N) is 3. The number of aromatic nitrogens is 2. The number of rotatable bonds is 6. The van der Waals surface area contributed by atoms with Gasteiger partial charge in [0.15, 0.2) is 0 Å². The van der Waals surface area contributed by atoms with E-state index in [9.17, 15) is 14.3 Å². The first-order chi connectivity index (χ1) is 15.0. The van der Waals surface area contributed by atoms with Crippen molar-refractivity contribution in [1.82, 2.24) is 20.6 Å². The van der Waals surface area contributed by atoms with Gasteiger partial charge in [0.05, 0.1) is 17.3 Å². The van der Waals surface area contributed by atoms with E-state index >= 15 is 0 Å². The number of H-pyrrole nitrogens is 1. The van der Waals surface area contributed by atoms with E-state index in [0.29, 0.717) is 29.1 Å². The zero-order chi connectivity index (χ0) is 22.0. The second-order valence-electron chi connectivity index (χ2n) is 8.05. The second kappa shape index (κ2) is 9.34. The molecule has 1 amide bonds. The van der Waals surface area contributed by atoms with Crippen molar-refractivity contribution >= 4 is 23.1 Å². The number of aryl methyl sites for hydroxylation is 1. The smallest absolute Gasteiger partial charge is 0.248 e. The molecule has 164 valence electrons. The third-order valence-electron chi connectivity index (χ3n) is 5.93. The Balaban J connectivity index is 1.49. The Bertz CT molecular complexity index is 1040. The molecule has 2 aromatic rings. The van der Waals surface area contributed by atoms with Crippen molar-refractivity contribution in [2.24, 2.45) is 0 Å². The minimum Gasteiger partial charge on any atom is -0.390 e. The lowest BCUT2D eigenvalue weighted by molar-refractivity contribution is -0.118. The lowest BCUT2D eigenvalue weighted by Crippen LogP contribution is -2.46. The summed E-state index contributed by atoms with van der Waals surface area (Å²) >= 11 is 5.78. The molecule has 1 aromatic heterocycles. The van der Waals surface area contributed by atoms with Gasteiger partial charge in [-0.1, -0.05) is 36.2 Å². The highest BCUT2D eigenvalue weighted by atomic mass is 35.5. The molecule has 2 unspecified atom stereocenters. The van der Waals surface area contributed by atoms with Crippen LogP contribution in [0.5, 0.6) is 0 Å². The number of imidazole rings is 1. The third-order valence-corrected chi connectivity index (χ3v) is 6.24. The normalized spacial score (nSPS) is 19.7. The quantitative estimate of drug-likeness (QED) is 0.546. The number of amides is 1. The van der Waals surface area contributed by atoms with E-state index in [0.717, 1.165) is 37.1 Å². The fourth-order valence-corrected chi connectivity index (χ4v) is 4.27. The number of aromatic amines is 1. The minimum atomic E-state index is -0.478. The molecule has 2 heterocycles. The van der Waals surface area contributed by atoms with Crippen molar-refractivity contribution in [2.45, 2.75) is 51.3 Å². The number of halogens is 2. The SMILES string of the molecule is Cc1[nH]c(C(NC(=O)C2=CC=C(c3ccc(Cl)c(F)c3)C2)C2CCCCN2)nc1CO. The number of benzene rings is 1. The summed E-state index contributed by atoms with van der Waals surface area (Å²) in [5, 5.41) is 16.2. The van der Waals surface area contributed by atoms with Crippen molar-refractivity contribution in [3.05, 3.63) is 69.5 Å². The zero-order valence-electron chi connectivity index (χ0n) is 17.3. The van der Waals surface area contributed by atoms with Crippen LogP contribution in [0.25, 0.3) is 5.57 Å². The van der Waals surface area contributed by atoms with Crippen LogP contribution in [0, 0.1) is 12.7 Å². The molecule has 0 spiro atoms. The summed E-state index contributed by atoms with van der Waals surface area (Å²) in [7, 11) is 0. The number of hydrogen-bond acceptors (Lipinski definition) is 4. The molecule has 8 heteroatoms. The monoisotopic (exact) mass is 444 g/mol. The van der Waals surface area contributed by atoms with Crippen molar-refractivity contribution in [3.63, 3.8) is 0 Å². The second-order valence-corrected chi connectivity index (χ2v) is 8.46. The van der Waals surface area contributed by atoms with E-state index < -0.39 is 5.82 Å². The summed E-state index contributed by atoms with van der Waals surface area (Å²) in [4.78, 5) is 20.8. The Labute approximate surface area is 185 Å². The van der Waals surface area contributed by atoms with Gasteiger partial charge < -0.3 is 20.7 Å². The summed E-state index contributed by atoms with van der Waals surface area (Å²) in [6.07, 6.45) is 7.13. The first-order valence-electron chi connectivity index (χ1n) is 10.5. The van der Waals surface area contributed by atoms with Crippen molar-refractivity contribution in [3.8, 4) is 0 Å². The van der Waals surface area contributed by atoms with Gasteiger partial charge in [0.2, 0.25) is 5.91 Å². The topological polar surface area (TPSA) is 90.0 Å². The van der Waals surface area contributed by atoms with Gasteiger partial charge in [-0.05, 0) is 49.6 Å². The molecule has 1 aromatic carbocycles. The summed E-state index contributed by atoms with van der Waals surface area (Å²) in [6, 6.07) is 4.37. The molecule has 1 saturated heterocycles. The van der Waals surface area contributed by atoms with Crippen LogP contribution < -0.4 is 10.6 Å². The highest BCUT2D eigenvalue weighted by Crippen LogP contribution is 2.31. The van der Waals surface area contributed by atoms with Gasteiger partial charge in [-0.3, -0.25) is 4.79 Å². The Morgan fingerprint density at radius 2 is 2.23 bits per heavy atom. The van der Waals surface area contributed by atoms with Crippen molar-refractivity contribution < 1.29 is 14.3 Å². The van der Waals surface area contributed by atoms with E-state index in [2.05, 4.69) is 20.6 Å². The Morgan fingerprint density at radius 3 is 2.90 bits per heavy atom. The molecule has 1 aliphatic carbocycles. The predicted octanol–water partition coefficient (Wildman–Crippen LogP) is 3.72. The van der Waals surface area contributed by atoms with Gasteiger partial charge in [-0.2, -0.15) is 0 Å². The molecular weight excluding hydrogens is 419 g/mol. The van der Waals surface area contributed by atoms with E-state index in [1.807, 2.05) is 13.0 Å². The summed E-state index contributed by atoms with van der Waals surface area (Å²) in [6.45, 7) is 2.59. The average molecular weight is 445 g/mol. The van der Waals surface area contributed by atoms with Gasteiger partial charge in [0.1, 0.15) is 17.7 Å². The van der Waals surface area contributed by atoms with E-state index in [1.54, 1.807) is 12.1 Å². The maximum absolute atomic E-state index is 13.8. The molecular formula is C23H26ClFN4O2. The summed E-state index contributed by atoms with van der Waals surface area (Å²) in [5.41, 5.74) is 3.56. The molecule has 2 atom stereocenters. The molecule has 0 saturated carbocycles. The van der Waals surface area contributed by atoms with Crippen LogP contribution in [-0.4, -0.2) is 33.6 Å². The Hall–Kier alpha value is -2.48. The molecule has 2 aliphatic rings. The molecule has 4 rings (SSSR count). The fourth-order valence-electron chi connectivity index (χ4n) is 4.15. The number of allylic oxidation sites excluding steroid dienone is 3. The van der Waals surface area contributed by atoms with Crippen LogP contribution >= 0.6 is 11.6 Å². The molecule has 6 nitrogen and oxygen atoms in total. The Kier molecular flexibility index (Phi) is 6.55.